The molecule has 0 aliphatic carbocycles. The Hall–Kier alpha value is -1.69. The van der Waals surface area contributed by atoms with Crippen molar-refractivity contribution in [2.75, 3.05) is 24.8 Å². The highest BCUT2D eigenvalue weighted by molar-refractivity contribution is 7.99. The maximum Gasteiger partial charge on any atom is 0.341 e. The van der Waals surface area contributed by atoms with Gasteiger partial charge in [-0.05, 0) is 37.4 Å². The number of ether oxygens (including phenoxy) is 1. The Balaban J connectivity index is 2.70. The summed E-state index contributed by atoms with van der Waals surface area (Å²) >= 11 is 1.49. The van der Waals surface area contributed by atoms with Gasteiger partial charge in [0.1, 0.15) is 5.75 Å². The lowest BCUT2D eigenvalue weighted by atomic mass is 10.2. The molecular formula is C13H17NO4S. The van der Waals surface area contributed by atoms with E-state index in [1.165, 1.54) is 11.8 Å². The second-order valence-corrected chi connectivity index (χ2v) is 5.13. The van der Waals surface area contributed by atoms with Crippen molar-refractivity contribution in [3.63, 3.8) is 0 Å². The maximum absolute atomic E-state index is 12.0. The monoisotopic (exact) mass is 283 g/mol. The number of benzene rings is 1. The van der Waals surface area contributed by atoms with Crippen LogP contribution in [-0.2, 0) is 9.59 Å². The van der Waals surface area contributed by atoms with Crippen LogP contribution in [0.5, 0.6) is 5.75 Å². The molecule has 6 heteroatoms. The zero-order valence-corrected chi connectivity index (χ0v) is 11.9. The van der Waals surface area contributed by atoms with Crippen LogP contribution in [0.4, 0.5) is 5.69 Å². The van der Waals surface area contributed by atoms with E-state index in [1.807, 2.05) is 13.2 Å². The van der Waals surface area contributed by atoms with Crippen LogP contribution < -0.4 is 9.64 Å². The molecule has 1 N–H and O–H groups in total. The lowest BCUT2D eigenvalue weighted by Gasteiger charge is -2.20. The molecule has 0 bridgehead atoms. The molecule has 5 nitrogen and oxygen atoms in total. The van der Waals surface area contributed by atoms with Crippen molar-refractivity contribution in [2.24, 2.45) is 0 Å². The minimum absolute atomic E-state index is 0.0201. The third-order valence-electron chi connectivity index (χ3n) is 2.62. The molecule has 0 fully saturated rings. The summed E-state index contributed by atoms with van der Waals surface area (Å²) < 4.78 is 5.02. The van der Waals surface area contributed by atoms with Crippen molar-refractivity contribution in [1.82, 2.24) is 0 Å². The van der Waals surface area contributed by atoms with Gasteiger partial charge in [0.25, 0.3) is 0 Å². The number of nitrogens with zero attached hydrogens (tertiary/aromatic N) is 1. The highest BCUT2D eigenvalue weighted by atomic mass is 32.2. The standard InChI is InChI=1S/C13H17NO4S/c1-9(19-3)13(17)14(2)10-4-6-11(7-5-10)18-8-12(15)16/h4-7,9H,8H2,1-3H3,(H,15,16). The van der Waals surface area contributed by atoms with E-state index in [0.717, 1.165) is 5.69 Å². The number of carbonyl (C=O) groups is 2. The van der Waals surface area contributed by atoms with Crippen molar-refractivity contribution >= 4 is 29.3 Å². The van der Waals surface area contributed by atoms with E-state index in [-0.39, 0.29) is 17.8 Å². The predicted octanol–water partition coefficient (Wildman–Crippen LogP) is 1.86. The van der Waals surface area contributed by atoms with Crippen molar-refractivity contribution in [3.05, 3.63) is 24.3 Å². The summed E-state index contributed by atoms with van der Waals surface area (Å²) in [5, 5.41) is 8.39. The second-order valence-electron chi connectivity index (χ2n) is 3.95. The van der Waals surface area contributed by atoms with Gasteiger partial charge in [-0.25, -0.2) is 4.79 Å². The van der Waals surface area contributed by atoms with E-state index in [4.69, 9.17) is 9.84 Å². The normalized spacial score (nSPS) is 11.7. The molecule has 0 aliphatic heterocycles. The molecule has 0 spiro atoms. The zero-order chi connectivity index (χ0) is 14.4. The smallest absolute Gasteiger partial charge is 0.341 e. The lowest BCUT2D eigenvalue weighted by Crippen LogP contribution is -2.32. The number of anilines is 1. The van der Waals surface area contributed by atoms with Crippen LogP contribution in [0.1, 0.15) is 6.92 Å². The molecule has 1 amide bonds. The van der Waals surface area contributed by atoms with Crippen molar-refractivity contribution < 1.29 is 19.4 Å². The average molecular weight is 283 g/mol. The Morgan fingerprint density at radius 1 is 1.37 bits per heavy atom. The quantitative estimate of drug-likeness (QED) is 0.863. The molecule has 0 aliphatic rings. The van der Waals surface area contributed by atoms with Crippen molar-refractivity contribution in [1.29, 1.82) is 0 Å². The molecule has 0 saturated carbocycles. The summed E-state index contributed by atoms with van der Waals surface area (Å²) in [7, 11) is 1.71. The minimum atomic E-state index is -1.02. The Morgan fingerprint density at radius 2 is 1.95 bits per heavy atom. The summed E-state index contributed by atoms with van der Waals surface area (Å²) in [5.41, 5.74) is 0.744. The molecule has 0 saturated heterocycles. The molecule has 1 aromatic carbocycles. The van der Waals surface area contributed by atoms with Gasteiger partial charge < -0.3 is 14.7 Å². The van der Waals surface area contributed by atoms with Gasteiger partial charge in [-0.3, -0.25) is 4.79 Å². The van der Waals surface area contributed by atoms with Gasteiger partial charge >= 0.3 is 5.97 Å². The number of carboxylic acids is 1. The van der Waals surface area contributed by atoms with Gasteiger partial charge in [0.05, 0.1) is 5.25 Å². The highest BCUT2D eigenvalue weighted by Crippen LogP contribution is 2.20. The Kier molecular flexibility index (Phi) is 5.69. The Bertz CT molecular complexity index is 446. The highest BCUT2D eigenvalue weighted by Gasteiger charge is 2.17. The molecule has 1 atom stereocenters. The molecule has 0 aromatic heterocycles. The van der Waals surface area contributed by atoms with Gasteiger partial charge in [-0.2, -0.15) is 11.8 Å². The molecule has 0 heterocycles. The number of carboxylic acid groups (broad SMARTS) is 1. The van der Waals surface area contributed by atoms with Crippen LogP contribution in [0.2, 0.25) is 0 Å². The van der Waals surface area contributed by atoms with E-state index in [1.54, 1.807) is 36.2 Å². The number of aliphatic carboxylic acids is 1. The average Bonchev–Trinajstić information content (AvgIpc) is 2.43. The van der Waals surface area contributed by atoms with Crippen LogP contribution >= 0.6 is 11.8 Å². The van der Waals surface area contributed by atoms with Crippen LogP contribution in [0, 0.1) is 0 Å². The van der Waals surface area contributed by atoms with E-state index in [0.29, 0.717) is 5.75 Å². The fourth-order valence-corrected chi connectivity index (χ4v) is 1.77. The number of hydrogen-bond acceptors (Lipinski definition) is 4. The largest absolute Gasteiger partial charge is 0.482 e. The Morgan fingerprint density at radius 3 is 2.42 bits per heavy atom. The van der Waals surface area contributed by atoms with E-state index < -0.39 is 5.97 Å². The first-order valence-corrected chi connectivity index (χ1v) is 6.99. The molecule has 104 valence electrons. The summed E-state index contributed by atoms with van der Waals surface area (Å²) in [6, 6.07) is 6.74. The molecule has 1 aromatic rings. The number of hydrogen-bond donors (Lipinski definition) is 1. The third kappa shape index (κ3) is 4.48. The van der Waals surface area contributed by atoms with Crippen molar-refractivity contribution in [2.45, 2.75) is 12.2 Å². The fraction of sp³-hybridized carbons (Fsp3) is 0.385. The van der Waals surface area contributed by atoms with E-state index in [9.17, 15) is 9.59 Å². The summed E-state index contributed by atoms with van der Waals surface area (Å²) in [6.07, 6.45) is 1.89. The Labute approximate surface area is 116 Å². The number of amides is 1. The fourth-order valence-electron chi connectivity index (χ4n) is 1.41. The maximum atomic E-state index is 12.0. The SMILES string of the molecule is CSC(C)C(=O)N(C)c1ccc(OCC(=O)O)cc1. The minimum Gasteiger partial charge on any atom is -0.482 e. The van der Waals surface area contributed by atoms with Gasteiger partial charge in [0.2, 0.25) is 5.91 Å². The topological polar surface area (TPSA) is 66.8 Å². The van der Waals surface area contributed by atoms with Crippen LogP contribution in [0.15, 0.2) is 24.3 Å². The zero-order valence-electron chi connectivity index (χ0n) is 11.1. The number of thioether (sulfide) groups is 1. The van der Waals surface area contributed by atoms with Gasteiger partial charge in [0, 0.05) is 12.7 Å². The second kappa shape index (κ2) is 7.04. The first-order chi connectivity index (χ1) is 8.95. The van der Waals surface area contributed by atoms with E-state index >= 15 is 0 Å². The molecule has 0 radical (unpaired) electrons. The van der Waals surface area contributed by atoms with Gasteiger partial charge in [-0.15, -0.1) is 0 Å². The third-order valence-corrected chi connectivity index (χ3v) is 3.53. The van der Waals surface area contributed by atoms with Gasteiger partial charge in [0.15, 0.2) is 6.61 Å². The number of carbonyl (C=O) groups excluding carboxylic acids is 1. The summed E-state index contributed by atoms with van der Waals surface area (Å²) in [6.45, 7) is 1.48. The molecule has 1 rings (SSSR count). The van der Waals surface area contributed by atoms with E-state index in [2.05, 4.69) is 0 Å². The molecule has 1 unspecified atom stereocenters. The summed E-state index contributed by atoms with van der Waals surface area (Å²) in [5.74, 6) is -0.540. The van der Waals surface area contributed by atoms with Gasteiger partial charge in [-0.1, -0.05) is 0 Å². The van der Waals surface area contributed by atoms with Crippen molar-refractivity contribution in [3.8, 4) is 5.75 Å². The molecular weight excluding hydrogens is 266 g/mol. The first kappa shape index (κ1) is 15.4. The summed E-state index contributed by atoms with van der Waals surface area (Å²) in [4.78, 5) is 23.9. The predicted molar refractivity (Wildman–Crippen MR) is 76.0 cm³/mol. The number of rotatable bonds is 6. The van der Waals surface area contributed by atoms with Crippen LogP contribution in [0.3, 0.4) is 0 Å². The lowest BCUT2D eigenvalue weighted by molar-refractivity contribution is -0.139. The molecule has 19 heavy (non-hydrogen) atoms. The van der Waals surface area contributed by atoms with Crippen LogP contribution in [0.25, 0.3) is 0 Å². The first-order valence-electron chi connectivity index (χ1n) is 5.70. The van der Waals surface area contributed by atoms with Crippen LogP contribution in [-0.4, -0.2) is 42.1 Å².